The fraction of sp³-hybridized carbons (Fsp3) is 0.303. The molecule has 0 bridgehead atoms. The minimum absolute atomic E-state index is 0.103. The summed E-state index contributed by atoms with van der Waals surface area (Å²) in [5.74, 6) is 0.0968. The third-order valence-corrected chi connectivity index (χ3v) is 8.45. The van der Waals surface area contributed by atoms with Crippen LogP contribution in [0, 0.1) is 18.7 Å². The largest absolute Gasteiger partial charge is 0.337 e. The van der Waals surface area contributed by atoms with Crippen LogP contribution in [0.2, 0.25) is 5.02 Å². The summed E-state index contributed by atoms with van der Waals surface area (Å²) in [6, 6.07) is 16.1. The second kappa shape index (κ2) is 11.9. The molecule has 41 heavy (non-hydrogen) atoms. The first-order chi connectivity index (χ1) is 19.9. The Labute approximate surface area is 244 Å². The number of anilines is 1. The number of fused-ring (bicyclic) bond motifs is 2. The first-order valence-corrected chi connectivity index (χ1v) is 14.6. The number of amides is 2. The number of imidazole rings is 1. The number of hydrogen-bond acceptors (Lipinski definition) is 3. The molecule has 6 rings (SSSR count). The molecule has 4 aromatic rings. The number of rotatable bonds is 6. The molecule has 8 heteroatoms. The highest BCUT2D eigenvalue weighted by Gasteiger charge is 2.35. The van der Waals surface area contributed by atoms with Gasteiger partial charge in [0.05, 0.1) is 17.7 Å². The lowest BCUT2D eigenvalue weighted by Crippen LogP contribution is -2.42. The summed E-state index contributed by atoms with van der Waals surface area (Å²) < 4.78 is 15.4. The zero-order valence-electron chi connectivity index (χ0n) is 23.1. The van der Waals surface area contributed by atoms with Gasteiger partial charge in [-0.1, -0.05) is 29.8 Å². The summed E-state index contributed by atoms with van der Waals surface area (Å²) in [5.41, 5.74) is 7.57. The number of carbonyl (C=O) groups excluding carboxylic acids is 1. The average molecular weight is 570 g/mol. The van der Waals surface area contributed by atoms with E-state index < -0.39 is 0 Å². The fourth-order valence-corrected chi connectivity index (χ4v) is 6.39. The van der Waals surface area contributed by atoms with Crippen molar-refractivity contribution in [2.24, 2.45) is 5.92 Å². The zero-order valence-corrected chi connectivity index (χ0v) is 23.8. The summed E-state index contributed by atoms with van der Waals surface area (Å²) in [4.78, 5) is 24.1. The Hall–Kier alpha value is -3.97. The highest BCUT2D eigenvalue weighted by molar-refractivity contribution is 6.30. The molecule has 0 radical (unpaired) electrons. The topological polar surface area (TPSA) is 63.1 Å². The molecule has 1 saturated heterocycles. The molecule has 2 amide bonds. The second-order valence-corrected chi connectivity index (χ2v) is 11.4. The van der Waals surface area contributed by atoms with Gasteiger partial charge in [-0.05, 0) is 103 Å². The first-order valence-electron chi connectivity index (χ1n) is 14.2. The predicted molar refractivity (Wildman–Crippen MR) is 161 cm³/mol. The number of nitrogens with one attached hydrogen (secondary N) is 1. The van der Waals surface area contributed by atoms with Gasteiger partial charge in [0, 0.05) is 48.7 Å². The van der Waals surface area contributed by atoms with Crippen LogP contribution in [0.3, 0.4) is 0 Å². The molecule has 2 aromatic carbocycles. The monoisotopic (exact) mass is 569 g/mol. The number of likely N-dealkylation sites (tertiary alicyclic amines) is 1. The number of pyridine rings is 1. The van der Waals surface area contributed by atoms with Gasteiger partial charge in [-0.2, -0.15) is 0 Å². The molecule has 210 valence electrons. The second-order valence-electron chi connectivity index (χ2n) is 11.0. The molecule has 1 N–H and O–H groups in total. The number of urea groups is 1. The summed E-state index contributed by atoms with van der Waals surface area (Å²) >= 11 is 6.51. The number of allylic oxidation sites excluding steroid dienone is 1. The minimum atomic E-state index is -0.325. The molecular weight excluding hydrogens is 537 g/mol. The highest BCUT2D eigenvalue weighted by Crippen LogP contribution is 2.45. The molecule has 0 spiro atoms. The lowest BCUT2D eigenvalue weighted by atomic mass is 9.76. The van der Waals surface area contributed by atoms with Crippen molar-refractivity contribution in [1.29, 1.82) is 0 Å². The fourth-order valence-electron chi connectivity index (χ4n) is 6.21. The van der Waals surface area contributed by atoms with Gasteiger partial charge in [-0.15, -0.1) is 0 Å². The smallest absolute Gasteiger partial charge is 0.321 e. The summed E-state index contributed by atoms with van der Waals surface area (Å²) in [6.45, 7) is 4.20. The van der Waals surface area contributed by atoms with Gasteiger partial charge in [0.1, 0.15) is 5.82 Å². The Morgan fingerprint density at radius 3 is 2.66 bits per heavy atom. The van der Waals surface area contributed by atoms with Crippen LogP contribution in [0.15, 0.2) is 73.3 Å². The molecule has 6 nitrogen and oxygen atoms in total. The van der Waals surface area contributed by atoms with E-state index in [1.165, 1.54) is 28.8 Å². The molecule has 1 aliphatic carbocycles. The molecule has 3 heterocycles. The van der Waals surface area contributed by atoms with E-state index in [9.17, 15) is 9.18 Å². The predicted octanol–water partition coefficient (Wildman–Crippen LogP) is 7.79. The van der Waals surface area contributed by atoms with Crippen molar-refractivity contribution in [3.8, 4) is 0 Å². The maximum Gasteiger partial charge on any atom is 0.321 e. The van der Waals surface area contributed by atoms with Crippen molar-refractivity contribution < 1.29 is 9.18 Å². The number of aryl methyl sites for hydroxylation is 2. The van der Waals surface area contributed by atoms with E-state index in [0.717, 1.165) is 54.2 Å². The van der Waals surface area contributed by atoms with Gasteiger partial charge < -0.3 is 14.8 Å². The van der Waals surface area contributed by atoms with Crippen LogP contribution in [0.5, 0.6) is 0 Å². The van der Waals surface area contributed by atoms with Gasteiger partial charge in [-0.3, -0.25) is 4.98 Å². The number of carbonyl (C=O) groups is 1. The third kappa shape index (κ3) is 6.05. The first kappa shape index (κ1) is 27.2. The molecule has 1 atom stereocenters. The van der Waals surface area contributed by atoms with E-state index in [0.29, 0.717) is 24.7 Å². The third-order valence-electron chi connectivity index (χ3n) is 8.21. The van der Waals surface area contributed by atoms with Gasteiger partial charge in [0.25, 0.3) is 0 Å². The Bertz CT molecular complexity index is 1570. The Kier molecular flexibility index (Phi) is 7.88. The Morgan fingerprint density at radius 2 is 1.90 bits per heavy atom. The molecule has 2 aromatic heterocycles. The highest BCUT2D eigenvalue weighted by atomic mass is 35.5. The summed E-state index contributed by atoms with van der Waals surface area (Å²) in [6.07, 6.45) is 11.8. The molecule has 2 aliphatic rings. The van der Waals surface area contributed by atoms with E-state index in [1.807, 2.05) is 36.5 Å². The van der Waals surface area contributed by atoms with Crippen molar-refractivity contribution in [3.05, 3.63) is 112 Å². The van der Waals surface area contributed by atoms with E-state index in [4.69, 9.17) is 16.6 Å². The molecule has 0 unspecified atom stereocenters. The standard InChI is InChI=1S/C33H33ClFN5O/c1-22-20-39(21-37-22)15-3-4-24-18-25-19-26(34)6-11-29(25)31(32-30(24)5-2-14-36-32)23-12-16-40(17-13-23)33(41)38-28-9-7-27(35)8-10-28/h2,5-11,14,18-21,23,31H,3-4,12-13,15-17H2,1H3,(H,38,41)/t31-/m1/s1. The van der Waals surface area contributed by atoms with E-state index in [1.54, 1.807) is 12.1 Å². The van der Waals surface area contributed by atoms with Crippen LogP contribution in [0.1, 0.15) is 59.7 Å². The Balaban J connectivity index is 1.23. The van der Waals surface area contributed by atoms with E-state index >= 15 is 0 Å². The van der Waals surface area contributed by atoms with Crippen LogP contribution in [-0.2, 0) is 6.54 Å². The number of halogens is 2. The maximum atomic E-state index is 13.3. The number of aromatic nitrogens is 3. The van der Waals surface area contributed by atoms with Gasteiger partial charge in [0.2, 0.25) is 0 Å². The number of nitrogens with zero attached hydrogens (tertiary/aromatic N) is 4. The average Bonchev–Trinajstić information content (AvgIpc) is 3.34. The molecule has 0 saturated carbocycles. The summed E-state index contributed by atoms with van der Waals surface area (Å²) in [5, 5.41) is 3.62. The van der Waals surface area contributed by atoms with Crippen LogP contribution in [-0.4, -0.2) is 38.6 Å². The van der Waals surface area contributed by atoms with E-state index in [-0.39, 0.29) is 17.8 Å². The molecular formula is C33H33ClFN5O. The number of piperidine rings is 1. The van der Waals surface area contributed by atoms with Crippen molar-refractivity contribution in [1.82, 2.24) is 19.4 Å². The SMILES string of the molecule is Cc1cn(CCCC2=Cc3cc(Cl)ccc3[C@@H](C3CCN(C(=O)Nc4ccc(F)cc4)CC3)c3ncccc32)cn1. The van der Waals surface area contributed by atoms with Crippen molar-refractivity contribution in [3.63, 3.8) is 0 Å². The maximum absolute atomic E-state index is 13.3. The van der Waals surface area contributed by atoms with Gasteiger partial charge in [0.15, 0.2) is 0 Å². The zero-order chi connectivity index (χ0) is 28.3. The van der Waals surface area contributed by atoms with Crippen LogP contribution >= 0.6 is 11.6 Å². The van der Waals surface area contributed by atoms with Crippen molar-refractivity contribution in [2.75, 3.05) is 18.4 Å². The normalized spacial score (nSPS) is 16.9. The van der Waals surface area contributed by atoms with Crippen molar-refractivity contribution >= 4 is 35.0 Å². The van der Waals surface area contributed by atoms with Crippen LogP contribution < -0.4 is 5.32 Å². The number of benzene rings is 2. The van der Waals surface area contributed by atoms with Gasteiger partial charge >= 0.3 is 6.03 Å². The van der Waals surface area contributed by atoms with Crippen LogP contribution in [0.25, 0.3) is 11.6 Å². The van der Waals surface area contributed by atoms with Gasteiger partial charge in [-0.25, -0.2) is 14.2 Å². The molecule has 1 fully saturated rings. The quantitative estimate of drug-likeness (QED) is 0.258. The lowest BCUT2D eigenvalue weighted by Gasteiger charge is -2.36. The Morgan fingerprint density at radius 1 is 1.10 bits per heavy atom. The summed E-state index contributed by atoms with van der Waals surface area (Å²) in [7, 11) is 0. The minimum Gasteiger partial charge on any atom is -0.337 e. The van der Waals surface area contributed by atoms with Crippen molar-refractivity contribution in [2.45, 2.75) is 45.1 Å². The lowest BCUT2D eigenvalue weighted by molar-refractivity contribution is 0.177. The molecule has 1 aliphatic heterocycles. The number of hydrogen-bond donors (Lipinski definition) is 1. The van der Waals surface area contributed by atoms with Crippen LogP contribution in [0.4, 0.5) is 14.9 Å². The van der Waals surface area contributed by atoms with E-state index in [2.05, 4.69) is 45.3 Å².